The molecule has 0 aliphatic rings. The Hall–Kier alpha value is -4.78. The van der Waals surface area contributed by atoms with Crippen LogP contribution in [0.2, 0.25) is 0 Å². The van der Waals surface area contributed by atoms with Gasteiger partial charge < -0.3 is 10.4 Å². The highest BCUT2D eigenvalue weighted by molar-refractivity contribution is 5.98. The quantitative estimate of drug-likeness (QED) is 0.277. The van der Waals surface area contributed by atoms with Crippen molar-refractivity contribution in [3.8, 4) is 11.1 Å². The minimum atomic E-state index is -1.09. The fourth-order valence-electron chi connectivity index (χ4n) is 3.01. The van der Waals surface area contributed by atoms with Gasteiger partial charge in [0.25, 0.3) is 0 Å². The largest absolute Gasteiger partial charge is 0.478 e. The summed E-state index contributed by atoms with van der Waals surface area (Å²) in [6.07, 6.45) is 0. The number of rotatable bonds is 5. The van der Waals surface area contributed by atoms with Gasteiger partial charge in [0.05, 0.1) is 22.7 Å². The average molecular weight is 401 g/mol. The van der Waals surface area contributed by atoms with Crippen molar-refractivity contribution in [2.24, 2.45) is 0 Å². The van der Waals surface area contributed by atoms with Crippen LogP contribution in [0.3, 0.4) is 0 Å². The van der Waals surface area contributed by atoms with Crippen molar-refractivity contribution in [2.45, 2.75) is 0 Å². The van der Waals surface area contributed by atoms with Gasteiger partial charge >= 0.3 is 11.7 Å². The molecular formula is C20H11N5O5. The van der Waals surface area contributed by atoms with Gasteiger partial charge in [0.15, 0.2) is 11.2 Å². The zero-order valence-electron chi connectivity index (χ0n) is 15.1. The van der Waals surface area contributed by atoms with E-state index in [1.165, 1.54) is 24.3 Å². The Kier molecular flexibility index (Phi) is 4.54. The lowest BCUT2D eigenvalue weighted by Crippen LogP contribution is -2.00. The molecule has 0 saturated carbocycles. The molecule has 10 nitrogen and oxygen atoms in total. The van der Waals surface area contributed by atoms with Gasteiger partial charge in [-0.25, -0.2) is 14.3 Å². The van der Waals surface area contributed by atoms with Crippen LogP contribution in [0.5, 0.6) is 0 Å². The summed E-state index contributed by atoms with van der Waals surface area (Å²) in [7, 11) is 0. The molecule has 0 aliphatic carbocycles. The first-order chi connectivity index (χ1) is 14.5. The molecule has 10 heteroatoms. The number of benzene rings is 3. The lowest BCUT2D eigenvalue weighted by atomic mass is 10.00. The van der Waals surface area contributed by atoms with Crippen LogP contribution in [0.15, 0.2) is 59.2 Å². The van der Waals surface area contributed by atoms with E-state index in [2.05, 4.69) is 25.1 Å². The van der Waals surface area contributed by atoms with Gasteiger partial charge in [-0.15, -0.1) is 0 Å². The predicted molar refractivity (Wildman–Crippen MR) is 107 cm³/mol. The Morgan fingerprint density at radius 1 is 1.10 bits per heavy atom. The summed E-state index contributed by atoms with van der Waals surface area (Å²) in [6, 6.07) is 14.0. The Labute approximate surface area is 168 Å². The number of non-ortho nitro benzene ring substituents is 1. The number of aromatic nitrogens is 2. The number of carboxylic acid groups (broad SMARTS) is 1. The smallest absolute Gasteiger partial charge is 0.335 e. The van der Waals surface area contributed by atoms with Crippen molar-refractivity contribution in [1.82, 2.24) is 10.3 Å². The van der Waals surface area contributed by atoms with Crippen molar-refractivity contribution in [1.29, 1.82) is 0 Å². The maximum Gasteiger partial charge on any atom is 0.335 e. The molecule has 1 heterocycles. The first-order valence-corrected chi connectivity index (χ1v) is 8.50. The van der Waals surface area contributed by atoms with Crippen molar-refractivity contribution in [2.75, 3.05) is 5.32 Å². The topological polar surface area (TPSA) is 136 Å². The summed E-state index contributed by atoms with van der Waals surface area (Å²) in [4.78, 5) is 25.5. The molecule has 0 aliphatic heterocycles. The molecule has 0 amide bonds. The number of hydrogen-bond donors (Lipinski definition) is 2. The van der Waals surface area contributed by atoms with E-state index in [0.29, 0.717) is 28.2 Å². The van der Waals surface area contributed by atoms with E-state index < -0.39 is 10.9 Å². The molecule has 2 N–H and O–H groups in total. The van der Waals surface area contributed by atoms with Crippen LogP contribution < -0.4 is 5.32 Å². The van der Waals surface area contributed by atoms with Crippen molar-refractivity contribution < 1.29 is 19.5 Å². The molecule has 0 spiro atoms. The maximum absolute atomic E-state index is 11.5. The van der Waals surface area contributed by atoms with Gasteiger partial charge in [0.1, 0.15) is 0 Å². The summed E-state index contributed by atoms with van der Waals surface area (Å²) in [6.45, 7) is 7.21. The zero-order valence-corrected chi connectivity index (χ0v) is 15.1. The minimum absolute atomic E-state index is 0.0105. The van der Waals surface area contributed by atoms with E-state index in [1.807, 2.05) is 0 Å². The third-order valence-electron chi connectivity index (χ3n) is 4.41. The van der Waals surface area contributed by atoms with Gasteiger partial charge in [-0.1, -0.05) is 18.2 Å². The summed E-state index contributed by atoms with van der Waals surface area (Å²) < 4.78 is 4.67. The highest BCUT2D eigenvalue weighted by Gasteiger charge is 2.20. The summed E-state index contributed by atoms with van der Waals surface area (Å²) >= 11 is 0. The highest BCUT2D eigenvalue weighted by Crippen LogP contribution is 2.36. The molecule has 0 fully saturated rings. The van der Waals surface area contributed by atoms with Crippen LogP contribution in [0.1, 0.15) is 10.4 Å². The fourth-order valence-corrected chi connectivity index (χ4v) is 3.01. The normalized spacial score (nSPS) is 10.5. The monoisotopic (exact) mass is 401 g/mol. The average Bonchev–Trinajstić information content (AvgIpc) is 3.24. The van der Waals surface area contributed by atoms with Gasteiger partial charge in [0, 0.05) is 17.3 Å². The van der Waals surface area contributed by atoms with E-state index in [-0.39, 0.29) is 22.3 Å². The molecule has 146 valence electrons. The number of nitro benzene ring substituents is 1. The Balaban J connectivity index is 1.86. The van der Waals surface area contributed by atoms with Crippen LogP contribution in [-0.2, 0) is 0 Å². The van der Waals surface area contributed by atoms with Crippen molar-refractivity contribution >= 4 is 39.8 Å². The van der Waals surface area contributed by atoms with E-state index in [9.17, 15) is 20.0 Å². The standard InChI is InChI=1S/C20H11N5O5/c1-21-13-4-2-3-11(9-13)14-10-12(20(26)27)5-6-15(14)22-16-7-8-17(25(28)29)19-18(16)23-30-24-19/h2-10,22H,(H,26,27). The number of carbonyl (C=O) groups is 1. The zero-order chi connectivity index (χ0) is 21.3. The number of carboxylic acids is 1. The second-order valence-corrected chi connectivity index (χ2v) is 6.20. The SMILES string of the molecule is [C-]#[N+]c1cccc(-c2cc(C(=O)O)ccc2Nc2ccc([N+](=O)[O-])c3nonc23)c1. The molecule has 0 bridgehead atoms. The van der Waals surface area contributed by atoms with Gasteiger partial charge in [0.2, 0.25) is 5.52 Å². The number of aromatic carboxylic acids is 1. The van der Waals surface area contributed by atoms with Gasteiger partial charge in [-0.05, 0) is 46.2 Å². The lowest BCUT2D eigenvalue weighted by molar-refractivity contribution is -0.383. The highest BCUT2D eigenvalue weighted by atomic mass is 16.6. The Morgan fingerprint density at radius 2 is 1.87 bits per heavy atom. The van der Waals surface area contributed by atoms with Crippen LogP contribution in [0.4, 0.5) is 22.7 Å². The molecule has 0 atom stereocenters. The van der Waals surface area contributed by atoms with Crippen LogP contribution in [0.25, 0.3) is 27.0 Å². The molecule has 4 aromatic rings. The van der Waals surface area contributed by atoms with Crippen molar-refractivity contribution in [3.05, 3.63) is 81.7 Å². The second kappa shape index (κ2) is 7.33. The molecule has 0 radical (unpaired) electrons. The number of nitrogens with zero attached hydrogens (tertiary/aromatic N) is 4. The Bertz CT molecular complexity index is 1360. The van der Waals surface area contributed by atoms with Gasteiger partial charge in [-0.2, -0.15) is 0 Å². The number of hydrogen-bond acceptors (Lipinski definition) is 7. The number of anilines is 2. The number of nitrogens with one attached hydrogen (secondary N) is 1. The van der Waals surface area contributed by atoms with E-state index in [4.69, 9.17) is 6.57 Å². The summed E-state index contributed by atoms with van der Waals surface area (Å²) in [5.41, 5.74) is 2.44. The van der Waals surface area contributed by atoms with Crippen molar-refractivity contribution in [3.63, 3.8) is 0 Å². The summed E-state index contributed by atoms with van der Waals surface area (Å²) in [5, 5.41) is 31.0. The fraction of sp³-hybridized carbons (Fsp3) is 0. The van der Waals surface area contributed by atoms with E-state index >= 15 is 0 Å². The number of fused-ring (bicyclic) bond motifs is 1. The van der Waals surface area contributed by atoms with Gasteiger partial charge in [-0.3, -0.25) is 10.1 Å². The van der Waals surface area contributed by atoms with Crippen LogP contribution in [-0.4, -0.2) is 26.3 Å². The van der Waals surface area contributed by atoms with E-state index in [1.54, 1.807) is 30.3 Å². The minimum Gasteiger partial charge on any atom is -0.478 e. The number of nitro groups is 1. The molecular weight excluding hydrogens is 390 g/mol. The van der Waals surface area contributed by atoms with Crippen LogP contribution in [0, 0.1) is 16.7 Å². The molecule has 0 saturated heterocycles. The van der Waals surface area contributed by atoms with Crippen LogP contribution >= 0.6 is 0 Å². The molecule has 4 rings (SSSR count). The predicted octanol–water partition coefficient (Wildman–Crippen LogP) is 4.79. The first-order valence-electron chi connectivity index (χ1n) is 8.50. The van der Waals surface area contributed by atoms with E-state index in [0.717, 1.165) is 0 Å². The molecule has 0 unspecified atom stereocenters. The lowest BCUT2D eigenvalue weighted by Gasteiger charge is -2.14. The molecule has 30 heavy (non-hydrogen) atoms. The first kappa shape index (κ1) is 18.6. The maximum atomic E-state index is 11.5. The molecule has 3 aromatic carbocycles. The molecule has 1 aromatic heterocycles. The third-order valence-corrected chi connectivity index (χ3v) is 4.41. The second-order valence-electron chi connectivity index (χ2n) is 6.20. The summed E-state index contributed by atoms with van der Waals surface area (Å²) in [5.74, 6) is -1.09. The third kappa shape index (κ3) is 3.27. The Morgan fingerprint density at radius 3 is 2.60 bits per heavy atom.